The van der Waals surface area contributed by atoms with E-state index in [0.717, 1.165) is 23.5 Å². The Kier molecular flexibility index (Phi) is 4.10. The number of aryl methyl sites for hydroxylation is 1. The second kappa shape index (κ2) is 5.61. The van der Waals surface area contributed by atoms with Gasteiger partial charge in [-0.3, -0.25) is 4.79 Å². The topological polar surface area (TPSA) is 44.4 Å². The van der Waals surface area contributed by atoms with Gasteiger partial charge in [-0.2, -0.15) is 0 Å². The van der Waals surface area contributed by atoms with Crippen LogP contribution in [0.3, 0.4) is 0 Å². The van der Waals surface area contributed by atoms with Crippen LogP contribution in [-0.4, -0.2) is 36.5 Å². The summed E-state index contributed by atoms with van der Waals surface area (Å²) >= 11 is 0. The Morgan fingerprint density at radius 1 is 1.42 bits per heavy atom. The van der Waals surface area contributed by atoms with Crippen LogP contribution in [0.4, 0.5) is 11.4 Å². The first-order valence-electron chi connectivity index (χ1n) is 6.80. The highest BCUT2D eigenvalue weighted by Gasteiger charge is 2.25. The first-order chi connectivity index (χ1) is 8.95. The van der Waals surface area contributed by atoms with Crippen LogP contribution in [0.5, 0.6) is 0 Å². The molecule has 4 heteroatoms. The number of hydrogen-bond acceptors (Lipinski definition) is 3. The molecule has 1 fully saturated rings. The molecule has 0 bridgehead atoms. The zero-order valence-corrected chi connectivity index (χ0v) is 12.2. The third kappa shape index (κ3) is 3.47. The van der Waals surface area contributed by atoms with Gasteiger partial charge < -0.3 is 15.5 Å². The Morgan fingerprint density at radius 2 is 2.16 bits per heavy atom. The first kappa shape index (κ1) is 13.9. The molecule has 1 saturated heterocycles. The van der Waals surface area contributed by atoms with Gasteiger partial charge in [0.05, 0.1) is 0 Å². The lowest BCUT2D eigenvalue weighted by atomic mass is 10.1. The van der Waals surface area contributed by atoms with E-state index >= 15 is 0 Å². The molecule has 2 rings (SSSR count). The fourth-order valence-corrected chi connectivity index (χ4v) is 2.62. The fourth-order valence-electron chi connectivity index (χ4n) is 2.62. The maximum Gasteiger partial charge on any atom is 0.221 e. The molecule has 2 unspecified atom stereocenters. The third-order valence-electron chi connectivity index (χ3n) is 3.79. The monoisotopic (exact) mass is 261 g/mol. The molecule has 0 saturated carbocycles. The van der Waals surface area contributed by atoms with Gasteiger partial charge >= 0.3 is 0 Å². The number of nitrogens with one attached hydrogen (secondary N) is 2. The molecule has 1 aliphatic rings. The van der Waals surface area contributed by atoms with Crippen molar-refractivity contribution < 1.29 is 4.79 Å². The summed E-state index contributed by atoms with van der Waals surface area (Å²) in [6.07, 6.45) is 1.17. The molecule has 19 heavy (non-hydrogen) atoms. The lowest BCUT2D eigenvalue weighted by molar-refractivity contribution is -0.114. The Morgan fingerprint density at radius 3 is 2.68 bits per heavy atom. The van der Waals surface area contributed by atoms with Crippen LogP contribution in [0.25, 0.3) is 0 Å². The lowest BCUT2D eigenvalue weighted by Crippen LogP contribution is -2.24. The molecule has 4 nitrogen and oxygen atoms in total. The number of carbonyl (C=O) groups is 1. The number of hydrogen-bond donors (Lipinski definition) is 2. The molecule has 2 N–H and O–H groups in total. The summed E-state index contributed by atoms with van der Waals surface area (Å²) in [5.74, 6) is -0.0324. The summed E-state index contributed by atoms with van der Waals surface area (Å²) in [6, 6.07) is 7.22. The molecule has 104 valence electrons. The molecule has 1 aliphatic heterocycles. The van der Waals surface area contributed by atoms with E-state index in [4.69, 9.17) is 0 Å². The van der Waals surface area contributed by atoms with Crippen molar-refractivity contribution in [1.82, 2.24) is 4.90 Å². The number of carbonyl (C=O) groups excluding carboxylic acids is 1. The maximum atomic E-state index is 11.1. The number of amides is 1. The second-order valence-corrected chi connectivity index (χ2v) is 5.58. The van der Waals surface area contributed by atoms with Gasteiger partial charge in [0.25, 0.3) is 0 Å². The Bertz CT molecular complexity index is 462. The molecule has 1 amide bonds. The Labute approximate surface area is 115 Å². The highest BCUT2D eigenvalue weighted by Crippen LogP contribution is 2.23. The SMILES string of the molecule is CC(=O)Nc1ccc(NC2CC(C)N(C)C2)cc1C. The van der Waals surface area contributed by atoms with Crippen molar-refractivity contribution in [3.05, 3.63) is 23.8 Å². The zero-order valence-electron chi connectivity index (χ0n) is 12.2. The number of likely N-dealkylation sites (tertiary alicyclic amines) is 1. The van der Waals surface area contributed by atoms with Gasteiger partial charge in [-0.15, -0.1) is 0 Å². The van der Waals surface area contributed by atoms with E-state index in [-0.39, 0.29) is 5.91 Å². The van der Waals surface area contributed by atoms with Crippen molar-refractivity contribution in [2.45, 2.75) is 39.3 Å². The van der Waals surface area contributed by atoms with Crippen molar-refractivity contribution in [3.63, 3.8) is 0 Å². The summed E-state index contributed by atoms with van der Waals surface area (Å²) < 4.78 is 0. The number of rotatable bonds is 3. The Balaban J connectivity index is 2.02. The second-order valence-electron chi connectivity index (χ2n) is 5.58. The van der Waals surface area contributed by atoms with E-state index in [1.807, 2.05) is 19.1 Å². The largest absolute Gasteiger partial charge is 0.381 e. The Hall–Kier alpha value is -1.55. The van der Waals surface area contributed by atoms with Crippen molar-refractivity contribution in [2.24, 2.45) is 0 Å². The average Bonchev–Trinajstić information content (AvgIpc) is 2.61. The number of nitrogens with zero attached hydrogens (tertiary/aromatic N) is 1. The summed E-state index contributed by atoms with van der Waals surface area (Å²) in [6.45, 7) is 6.88. The van der Waals surface area contributed by atoms with Crippen molar-refractivity contribution in [1.29, 1.82) is 0 Å². The minimum Gasteiger partial charge on any atom is -0.381 e. The number of likely N-dealkylation sites (N-methyl/N-ethyl adjacent to an activating group) is 1. The minimum absolute atomic E-state index is 0.0324. The molecule has 1 aromatic carbocycles. The van der Waals surface area contributed by atoms with Crippen LogP contribution in [0.1, 0.15) is 25.8 Å². The van der Waals surface area contributed by atoms with E-state index in [1.165, 1.54) is 13.3 Å². The molecule has 0 spiro atoms. The van der Waals surface area contributed by atoms with Crippen molar-refractivity contribution >= 4 is 17.3 Å². The highest BCUT2D eigenvalue weighted by atomic mass is 16.1. The molecular weight excluding hydrogens is 238 g/mol. The molecule has 1 heterocycles. The van der Waals surface area contributed by atoms with Crippen LogP contribution in [0.15, 0.2) is 18.2 Å². The van der Waals surface area contributed by atoms with Gasteiger partial charge in [0.2, 0.25) is 5.91 Å². The lowest BCUT2D eigenvalue weighted by Gasteiger charge is -2.16. The number of benzene rings is 1. The third-order valence-corrected chi connectivity index (χ3v) is 3.79. The summed E-state index contributed by atoms with van der Waals surface area (Å²) in [5, 5.41) is 6.40. The van der Waals surface area contributed by atoms with E-state index in [2.05, 4.69) is 35.6 Å². The summed E-state index contributed by atoms with van der Waals surface area (Å²) in [5.41, 5.74) is 3.09. The summed E-state index contributed by atoms with van der Waals surface area (Å²) in [7, 11) is 2.16. The normalized spacial score (nSPS) is 23.4. The standard InChI is InChI=1S/C15H23N3O/c1-10-7-13(5-6-15(10)16-12(3)19)17-14-8-11(2)18(4)9-14/h5-7,11,14,17H,8-9H2,1-4H3,(H,16,19). The summed E-state index contributed by atoms with van der Waals surface area (Å²) in [4.78, 5) is 13.4. The van der Waals surface area contributed by atoms with Crippen LogP contribution >= 0.6 is 0 Å². The van der Waals surface area contributed by atoms with E-state index in [1.54, 1.807) is 0 Å². The molecular formula is C15H23N3O. The quantitative estimate of drug-likeness (QED) is 0.878. The van der Waals surface area contributed by atoms with E-state index in [9.17, 15) is 4.79 Å². The number of anilines is 2. The highest BCUT2D eigenvalue weighted by molar-refractivity contribution is 5.89. The van der Waals surface area contributed by atoms with Gasteiger partial charge in [0, 0.05) is 36.9 Å². The van der Waals surface area contributed by atoms with Gasteiger partial charge in [0.1, 0.15) is 0 Å². The smallest absolute Gasteiger partial charge is 0.221 e. The maximum absolute atomic E-state index is 11.1. The fraction of sp³-hybridized carbons (Fsp3) is 0.533. The van der Waals surface area contributed by atoms with Gasteiger partial charge in [-0.1, -0.05) is 0 Å². The van der Waals surface area contributed by atoms with Crippen molar-refractivity contribution in [3.8, 4) is 0 Å². The van der Waals surface area contributed by atoms with Crippen LogP contribution in [0.2, 0.25) is 0 Å². The molecule has 0 aromatic heterocycles. The van der Waals surface area contributed by atoms with Gasteiger partial charge in [-0.25, -0.2) is 0 Å². The van der Waals surface area contributed by atoms with Crippen LogP contribution in [-0.2, 0) is 4.79 Å². The van der Waals surface area contributed by atoms with Crippen molar-refractivity contribution in [2.75, 3.05) is 24.2 Å². The van der Waals surface area contributed by atoms with Crippen LogP contribution in [0, 0.1) is 6.92 Å². The molecule has 1 aromatic rings. The molecule has 0 aliphatic carbocycles. The van der Waals surface area contributed by atoms with E-state index < -0.39 is 0 Å². The molecule has 0 radical (unpaired) electrons. The predicted octanol–water partition coefficient (Wildman–Crippen LogP) is 2.46. The minimum atomic E-state index is -0.0324. The van der Waals surface area contributed by atoms with Gasteiger partial charge in [0.15, 0.2) is 0 Å². The van der Waals surface area contributed by atoms with Gasteiger partial charge in [-0.05, 0) is 51.1 Å². The predicted molar refractivity (Wildman–Crippen MR) is 79.6 cm³/mol. The molecule has 2 atom stereocenters. The van der Waals surface area contributed by atoms with Crippen LogP contribution < -0.4 is 10.6 Å². The zero-order chi connectivity index (χ0) is 14.0. The van der Waals surface area contributed by atoms with E-state index in [0.29, 0.717) is 12.1 Å². The first-order valence-corrected chi connectivity index (χ1v) is 6.80. The average molecular weight is 261 g/mol.